The van der Waals surface area contributed by atoms with Crippen molar-refractivity contribution in [2.75, 3.05) is 11.4 Å². The van der Waals surface area contributed by atoms with Gasteiger partial charge in [-0.25, -0.2) is 13.3 Å². The highest BCUT2D eigenvalue weighted by Crippen LogP contribution is 2.49. The van der Waals surface area contributed by atoms with Crippen molar-refractivity contribution < 1.29 is 32.0 Å². The van der Waals surface area contributed by atoms with E-state index in [1.807, 2.05) is 48.5 Å². The van der Waals surface area contributed by atoms with Crippen molar-refractivity contribution in [2.24, 2.45) is 10.3 Å². The maximum absolute atomic E-state index is 14.3. The highest BCUT2D eigenvalue weighted by atomic mass is 32.2. The number of halogens is 3. The number of aliphatic hydroxyl groups is 1. The molecule has 2 saturated carbocycles. The number of fused-ring (bicyclic) bond motifs is 2. The van der Waals surface area contributed by atoms with E-state index in [0.29, 0.717) is 36.8 Å². The number of nitrogens with one attached hydrogen (secondary N) is 1. The number of benzene rings is 3. The smallest absolute Gasteiger partial charge is 0.453 e. The van der Waals surface area contributed by atoms with Gasteiger partial charge in [-0.2, -0.15) is 0 Å². The molecule has 11 heteroatoms. The molecule has 4 atom stereocenters. The number of hydrogen-bond donors (Lipinski definition) is 2. The molecule has 1 aliphatic heterocycles. The normalized spacial score (nSPS) is 23.8. The lowest BCUT2D eigenvalue weighted by atomic mass is 9.86. The minimum atomic E-state index is -4.82. The molecule has 6 rings (SSSR count). The van der Waals surface area contributed by atoms with E-state index in [0.717, 1.165) is 42.8 Å². The van der Waals surface area contributed by atoms with E-state index in [1.165, 1.54) is 12.1 Å². The molecule has 0 bridgehead atoms. The maximum Gasteiger partial charge on any atom is 0.573 e. The van der Waals surface area contributed by atoms with Crippen LogP contribution in [-0.4, -0.2) is 40.4 Å². The van der Waals surface area contributed by atoms with Crippen LogP contribution in [0.15, 0.2) is 82.1 Å². The van der Waals surface area contributed by atoms with Gasteiger partial charge in [0.15, 0.2) is 11.5 Å². The van der Waals surface area contributed by atoms with E-state index >= 15 is 0 Å². The molecule has 0 aromatic heterocycles. The summed E-state index contributed by atoms with van der Waals surface area (Å²) in [5.41, 5.74) is 1.68. The summed E-state index contributed by atoms with van der Waals surface area (Å²) >= 11 is 0. The number of para-hydroxylation sites is 4. The molecular formula is C29H30F3N3O4S. The highest BCUT2D eigenvalue weighted by molar-refractivity contribution is 7.91. The topological polar surface area (TPSA) is 83.4 Å². The zero-order chi connectivity index (χ0) is 27.9. The van der Waals surface area contributed by atoms with Gasteiger partial charge in [0, 0.05) is 6.04 Å². The lowest BCUT2D eigenvalue weighted by molar-refractivity contribution is -0.274. The van der Waals surface area contributed by atoms with Crippen molar-refractivity contribution in [2.45, 2.75) is 61.5 Å². The molecule has 3 aliphatic rings. The van der Waals surface area contributed by atoms with Gasteiger partial charge in [-0.15, -0.1) is 13.2 Å². The number of nitrogens with zero attached hydrogens (tertiary/aromatic N) is 2. The minimum Gasteiger partial charge on any atom is -0.453 e. The molecule has 212 valence electrons. The summed E-state index contributed by atoms with van der Waals surface area (Å²) in [4.78, 5) is 2.35. The van der Waals surface area contributed by atoms with Crippen molar-refractivity contribution in [1.82, 2.24) is 4.72 Å². The molecule has 7 nitrogen and oxygen atoms in total. The fourth-order valence-corrected chi connectivity index (χ4v) is 7.33. The Morgan fingerprint density at radius 1 is 0.950 bits per heavy atom. The number of rotatable bonds is 7. The molecule has 1 unspecified atom stereocenters. The Balaban J connectivity index is 1.30. The van der Waals surface area contributed by atoms with Gasteiger partial charge < -0.3 is 19.5 Å². The van der Waals surface area contributed by atoms with Crippen LogP contribution < -0.4 is 19.1 Å². The fraction of sp³-hybridized carbons (Fsp3) is 0.379. The van der Waals surface area contributed by atoms with E-state index in [2.05, 4.69) is 18.7 Å². The molecule has 2 N–H and O–H groups in total. The summed E-state index contributed by atoms with van der Waals surface area (Å²) in [5.74, 6) is 1.32. The van der Waals surface area contributed by atoms with Crippen LogP contribution >= 0.6 is 0 Å². The molecule has 3 aromatic rings. The maximum atomic E-state index is 14.3. The predicted octanol–water partition coefficient (Wildman–Crippen LogP) is 6.55. The summed E-state index contributed by atoms with van der Waals surface area (Å²) in [7, 11) is -3.26. The Morgan fingerprint density at radius 3 is 2.17 bits per heavy atom. The molecule has 2 fully saturated rings. The first kappa shape index (κ1) is 26.9. The lowest BCUT2D eigenvalue weighted by Crippen LogP contribution is -2.56. The molecule has 2 aliphatic carbocycles. The summed E-state index contributed by atoms with van der Waals surface area (Å²) in [6, 6.07) is 19.4. The van der Waals surface area contributed by atoms with Gasteiger partial charge in [-0.3, -0.25) is 0 Å². The number of aliphatic hydroxyl groups excluding tert-OH is 1. The first-order chi connectivity index (χ1) is 19.2. The second kappa shape index (κ2) is 10.6. The zero-order valence-corrected chi connectivity index (χ0v) is 22.4. The Bertz CT molecular complexity index is 1440. The average molecular weight is 574 g/mol. The summed E-state index contributed by atoms with van der Waals surface area (Å²) in [5, 5.41) is 11.7. The number of ether oxygens (including phenoxy) is 2. The van der Waals surface area contributed by atoms with Gasteiger partial charge in [0.2, 0.25) is 0 Å². The summed E-state index contributed by atoms with van der Waals surface area (Å²) in [6.45, 7) is 0.378. The van der Waals surface area contributed by atoms with E-state index in [1.54, 1.807) is 0 Å². The van der Waals surface area contributed by atoms with Crippen molar-refractivity contribution in [3.05, 3.63) is 72.8 Å². The van der Waals surface area contributed by atoms with Crippen molar-refractivity contribution in [3.63, 3.8) is 0 Å². The van der Waals surface area contributed by atoms with Gasteiger partial charge in [-0.1, -0.05) is 24.3 Å². The third-order valence-electron chi connectivity index (χ3n) is 7.52. The largest absolute Gasteiger partial charge is 0.573 e. The Labute approximate surface area is 231 Å². The van der Waals surface area contributed by atoms with Crippen molar-refractivity contribution in [3.8, 4) is 17.2 Å². The van der Waals surface area contributed by atoms with Gasteiger partial charge in [0.05, 0.1) is 35.0 Å². The average Bonchev–Trinajstić information content (AvgIpc) is 3.76. The predicted molar refractivity (Wildman–Crippen MR) is 145 cm³/mol. The van der Waals surface area contributed by atoms with Crippen molar-refractivity contribution in [1.29, 1.82) is 0 Å². The SMILES string of the molecule is O=S(=NCC1CC1)(N[C@H]1CCC[C@@H](N2c3ccccc3Oc3ccccc32)[C@H]1O)c1ccc(OC(F)(F)F)cc1. The highest BCUT2D eigenvalue weighted by Gasteiger charge is 2.41. The Hall–Kier alpha value is -3.28. The van der Waals surface area contributed by atoms with Crippen LogP contribution in [0.2, 0.25) is 0 Å². The standard InChI is InChI=1S/C29H30F3N3O4S/c30-29(31,32)39-20-14-16-21(17-15-20)40(37,33-18-19-12-13-19)34-22-6-5-9-25(28(22)36)35-23-7-1-3-10-26(23)38-27-11-4-2-8-24(27)35/h1-4,7-8,10-11,14-17,19,22,25,28,36H,5-6,9,12-13,18H2,(H,33,34,37)/t22-,25+,28-,40?/m0/s1. The molecule has 0 spiro atoms. The molecule has 40 heavy (non-hydrogen) atoms. The van der Waals surface area contributed by atoms with Crippen LogP contribution in [0.3, 0.4) is 0 Å². The molecular weight excluding hydrogens is 543 g/mol. The Kier molecular flexibility index (Phi) is 7.14. The van der Waals surface area contributed by atoms with Crippen LogP contribution in [0, 0.1) is 5.92 Å². The number of anilines is 2. The molecule has 0 saturated heterocycles. The zero-order valence-electron chi connectivity index (χ0n) is 21.6. The lowest BCUT2D eigenvalue weighted by Gasteiger charge is -2.45. The quantitative estimate of drug-likeness (QED) is 0.335. The van der Waals surface area contributed by atoms with Gasteiger partial charge >= 0.3 is 6.36 Å². The van der Waals surface area contributed by atoms with E-state index in [9.17, 15) is 22.5 Å². The Morgan fingerprint density at radius 2 is 1.57 bits per heavy atom. The number of hydrogen-bond acceptors (Lipinski definition) is 6. The third-order valence-corrected chi connectivity index (χ3v) is 9.57. The van der Waals surface area contributed by atoms with Crippen LogP contribution in [0.5, 0.6) is 17.2 Å². The summed E-state index contributed by atoms with van der Waals surface area (Å²) in [6.07, 6.45) is -1.71. The molecule has 0 amide bonds. The first-order valence-electron chi connectivity index (χ1n) is 13.4. The monoisotopic (exact) mass is 573 g/mol. The second-order valence-electron chi connectivity index (χ2n) is 10.4. The molecule has 0 radical (unpaired) electrons. The first-order valence-corrected chi connectivity index (χ1v) is 14.9. The van der Waals surface area contributed by atoms with E-state index in [-0.39, 0.29) is 10.9 Å². The van der Waals surface area contributed by atoms with Crippen LogP contribution in [-0.2, 0) is 9.92 Å². The van der Waals surface area contributed by atoms with Gasteiger partial charge in [-0.05, 0) is 86.6 Å². The second-order valence-corrected chi connectivity index (χ2v) is 12.4. The summed E-state index contributed by atoms with van der Waals surface area (Å²) < 4.78 is 70.1. The number of alkyl halides is 3. The van der Waals surface area contributed by atoms with Gasteiger partial charge in [0.1, 0.15) is 15.7 Å². The van der Waals surface area contributed by atoms with Crippen molar-refractivity contribution >= 4 is 21.3 Å². The molecule has 3 aromatic carbocycles. The fourth-order valence-electron chi connectivity index (χ4n) is 5.38. The van der Waals surface area contributed by atoms with Crippen LogP contribution in [0.4, 0.5) is 24.5 Å². The van der Waals surface area contributed by atoms with Gasteiger partial charge in [0.25, 0.3) is 0 Å². The van der Waals surface area contributed by atoms with Crippen LogP contribution in [0.1, 0.15) is 32.1 Å². The van der Waals surface area contributed by atoms with E-state index < -0.39 is 34.2 Å². The third kappa shape index (κ3) is 5.63. The minimum absolute atomic E-state index is 0.249. The van der Waals surface area contributed by atoms with Crippen LogP contribution in [0.25, 0.3) is 0 Å². The van der Waals surface area contributed by atoms with E-state index in [4.69, 9.17) is 4.74 Å². The molecule has 1 heterocycles.